The van der Waals surface area contributed by atoms with Crippen LogP contribution in [-0.2, 0) is 0 Å². The van der Waals surface area contributed by atoms with Gasteiger partial charge in [0, 0.05) is 42.3 Å². The predicted octanol–water partition coefficient (Wildman–Crippen LogP) is 7.60. The Morgan fingerprint density at radius 3 is 2.54 bits per heavy atom. The lowest BCUT2D eigenvalue weighted by Crippen LogP contribution is -2.31. The third kappa shape index (κ3) is 11.1. The summed E-state index contributed by atoms with van der Waals surface area (Å²) in [6, 6.07) is 6.45. The second kappa shape index (κ2) is 17.7. The van der Waals surface area contributed by atoms with Crippen molar-refractivity contribution in [2.75, 3.05) is 39.3 Å². The number of carbonyl (C=O) groups excluding carboxylic acids is 1. The number of thiol groups is 1. The number of furan rings is 1. The molecule has 0 radical (unpaired) electrons. The molecule has 0 atom stereocenters. The highest BCUT2D eigenvalue weighted by molar-refractivity contribution is 7.80. The molecule has 7 heteroatoms. The molecule has 1 aliphatic rings. The Kier molecular flexibility index (Phi) is 14.8. The first-order valence-corrected chi connectivity index (χ1v) is 14.6. The van der Waals surface area contributed by atoms with Gasteiger partial charge in [0.25, 0.3) is 5.91 Å². The summed E-state index contributed by atoms with van der Waals surface area (Å²) in [7, 11) is 0. The highest BCUT2D eigenvalue weighted by atomic mass is 32.1. The summed E-state index contributed by atoms with van der Waals surface area (Å²) in [5.41, 5.74) is 2.39. The maximum atomic E-state index is 13.4. The molecule has 1 fully saturated rings. The number of carbonyl (C=O) groups is 1. The van der Waals surface area contributed by atoms with Crippen molar-refractivity contribution >= 4 is 30.3 Å². The quantitative estimate of drug-likeness (QED) is 0.170. The number of allylic oxidation sites excluding steroid dienone is 3. The molecule has 0 unspecified atom stereocenters. The minimum absolute atomic E-state index is 0.0781. The van der Waals surface area contributed by atoms with E-state index in [2.05, 4.69) is 60.3 Å². The van der Waals surface area contributed by atoms with E-state index in [1.165, 1.54) is 12.1 Å². The Bertz CT molecular complexity index is 1110. The fourth-order valence-electron chi connectivity index (χ4n) is 4.42. The molecule has 1 N–H and O–H groups in total. The normalized spacial score (nSPS) is 14.4. The zero-order valence-corrected chi connectivity index (χ0v) is 25.0. The second-order valence-electron chi connectivity index (χ2n) is 9.66. The lowest BCUT2D eigenvalue weighted by Gasteiger charge is -2.26. The summed E-state index contributed by atoms with van der Waals surface area (Å²) < 4.78 is 19.0. The van der Waals surface area contributed by atoms with E-state index in [0.717, 1.165) is 76.1 Å². The number of hydrogen-bond acceptors (Lipinski definition) is 5. The number of unbranched alkanes of at least 4 members (excludes halogenated alkanes) is 1. The van der Waals surface area contributed by atoms with Gasteiger partial charge in [0.15, 0.2) is 0 Å². The van der Waals surface area contributed by atoms with Crippen LogP contribution in [0.4, 0.5) is 4.39 Å². The van der Waals surface area contributed by atoms with Crippen LogP contribution >= 0.6 is 12.6 Å². The largest absolute Gasteiger partial charge is 0.461 e. The van der Waals surface area contributed by atoms with E-state index in [9.17, 15) is 9.18 Å². The van der Waals surface area contributed by atoms with E-state index < -0.39 is 0 Å². The highest BCUT2D eigenvalue weighted by Crippen LogP contribution is 2.26. The Labute approximate surface area is 240 Å². The lowest BCUT2D eigenvalue weighted by molar-refractivity contribution is 0.0951. The topological polar surface area (TPSA) is 48.7 Å². The molecule has 1 aromatic heterocycles. The van der Waals surface area contributed by atoms with Crippen LogP contribution in [0.1, 0.15) is 80.3 Å². The molecule has 3 rings (SSSR count). The number of aryl methyl sites for hydroxylation is 1. The lowest BCUT2D eigenvalue weighted by atomic mass is 10.1. The van der Waals surface area contributed by atoms with E-state index in [-0.39, 0.29) is 11.7 Å². The van der Waals surface area contributed by atoms with Gasteiger partial charge in [-0.05, 0) is 89.4 Å². The number of hydrogen-bond donors (Lipinski definition) is 2. The molecule has 2 heterocycles. The van der Waals surface area contributed by atoms with E-state index in [1.807, 2.05) is 26.0 Å². The van der Waals surface area contributed by atoms with Crippen LogP contribution in [0.5, 0.6) is 0 Å². The van der Waals surface area contributed by atoms with Gasteiger partial charge in [-0.2, -0.15) is 0 Å². The highest BCUT2D eigenvalue weighted by Gasteiger charge is 2.18. The molecular formula is C32H46FN3O2S. The molecule has 0 aliphatic carbocycles. The number of rotatable bonds is 11. The van der Waals surface area contributed by atoms with Crippen LogP contribution in [0.2, 0.25) is 0 Å². The Hall–Kier alpha value is -2.77. The molecule has 2 aromatic rings. The summed E-state index contributed by atoms with van der Waals surface area (Å²) in [6.07, 6.45) is 13.2. The minimum atomic E-state index is -0.284. The van der Waals surface area contributed by atoms with Gasteiger partial charge in [-0.1, -0.05) is 38.7 Å². The zero-order valence-electron chi connectivity index (χ0n) is 24.1. The van der Waals surface area contributed by atoms with Gasteiger partial charge in [-0.25, -0.2) is 4.39 Å². The molecule has 1 amide bonds. The maximum absolute atomic E-state index is 13.4. The molecule has 0 spiro atoms. The number of amides is 1. The van der Waals surface area contributed by atoms with Crippen molar-refractivity contribution in [2.45, 2.75) is 64.7 Å². The molecule has 1 aliphatic heterocycles. The van der Waals surface area contributed by atoms with E-state index in [0.29, 0.717) is 28.5 Å². The summed E-state index contributed by atoms with van der Waals surface area (Å²) in [5.74, 6) is 1.00. The fraction of sp³-hybridized carbons (Fsp3) is 0.469. The van der Waals surface area contributed by atoms with Crippen molar-refractivity contribution < 1.29 is 13.6 Å². The number of halogens is 1. The van der Waals surface area contributed by atoms with Crippen molar-refractivity contribution in [1.29, 1.82) is 0 Å². The van der Waals surface area contributed by atoms with Crippen LogP contribution in [0, 0.1) is 12.7 Å². The van der Waals surface area contributed by atoms with Crippen LogP contribution in [-0.4, -0.2) is 55.0 Å². The fourth-order valence-corrected chi connectivity index (χ4v) is 4.75. The van der Waals surface area contributed by atoms with Gasteiger partial charge in [-0.15, -0.1) is 12.6 Å². The average Bonchev–Trinajstić information content (AvgIpc) is 3.12. The first-order valence-electron chi connectivity index (χ1n) is 14.1. The summed E-state index contributed by atoms with van der Waals surface area (Å²) in [5, 5.41) is 3.01. The van der Waals surface area contributed by atoms with Crippen LogP contribution in [0.25, 0.3) is 11.8 Å². The van der Waals surface area contributed by atoms with E-state index in [1.54, 1.807) is 12.1 Å². The minimum Gasteiger partial charge on any atom is -0.461 e. The second-order valence-corrected chi connectivity index (χ2v) is 10.1. The van der Waals surface area contributed by atoms with E-state index >= 15 is 0 Å². The number of nitrogens with zero attached hydrogens (tertiary/aromatic N) is 2. The van der Waals surface area contributed by atoms with Crippen LogP contribution in [0.15, 0.2) is 58.4 Å². The Balaban J connectivity index is 0.000000976. The molecule has 0 saturated carbocycles. The predicted molar refractivity (Wildman–Crippen MR) is 165 cm³/mol. The standard InChI is InChI=1S/C27H36FN3O2S.C5H10/c1-4-5-9-23-19-25(21(3)33-23)27(32)29-12-6-7-13-30-14-8-15-31(17-16-30)20(2)24-11-10-22(28)18-26(24)34;1-3-5-4-2/h5,9-11,18-19,34H,2,4,6-8,12-17H2,1,3H3,(H,29,32);3,5H,4H2,1-2H3/b9-5+;5-3-. The van der Waals surface area contributed by atoms with Crippen LogP contribution < -0.4 is 5.32 Å². The third-order valence-electron chi connectivity index (χ3n) is 6.60. The van der Waals surface area contributed by atoms with Gasteiger partial charge in [-0.3, -0.25) is 4.79 Å². The van der Waals surface area contributed by atoms with Crippen molar-refractivity contribution in [3.63, 3.8) is 0 Å². The zero-order chi connectivity index (χ0) is 28.6. The van der Waals surface area contributed by atoms with Gasteiger partial charge in [0.05, 0.1) is 5.56 Å². The molecular weight excluding hydrogens is 509 g/mol. The summed E-state index contributed by atoms with van der Waals surface area (Å²) >= 11 is 4.42. The average molecular weight is 556 g/mol. The summed E-state index contributed by atoms with van der Waals surface area (Å²) in [4.78, 5) is 17.8. The SMILES string of the molecule is C/C=C\CC.C=C(c1ccc(F)cc1S)N1CCCN(CCCCNC(=O)c2cc(/C=C/CC)oc2C)CC1. The number of nitrogens with one attached hydrogen (secondary N) is 1. The molecule has 5 nitrogen and oxygen atoms in total. The molecule has 0 bridgehead atoms. The van der Waals surface area contributed by atoms with Gasteiger partial charge in [0.2, 0.25) is 0 Å². The van der Waals surface area contributed by atoms with Crippen molar-refractivity contribution in [3.8, 4) is 0 Å². The smallest absolute Gasteiger partial charge is 0.254 e. The van der Waals surface area contributed by atoms with Crippen molar-refractivity contribution in [1.82, 2.24) is 15.1 Å². The Morgan fingerprint density at radius 2 is 1.87 bits per heavy atom. The van der Waals surface area contributed by atoms with Gasteiger partial charge in [0.1, 0.15) is 17.3 Å². The first kappa shape index (κ1) is 32.4. The maximum Gasteiger partial charge on any atom is 0.254 e. The Morgan fingerprint density at radius 1 is 1.10 bits per heavy atom. The first-order chi connectivity index (χ1) is 18.8. The third-order valence-corrected chi connectivity index (χ3v) is 6.97. The number of benzene rings is 1. The molecule has 1 aromatic carbocycles. The van der Waals surface area contributed by atoms with Gasteiger partial charge < -0.3 is 19.5 Å². The molecule has 1 saturated heterocycles. The van der Waals surface area contributed by atoms with Gasteiger partial charge >= 0.3 is 0 Å². The monoisotopic (exact) mass is 555 g/mol. The summed E-state index contributed by atoms with van der Waals surface area (Å²) in [6.45, 7) is 17.7. The van der Waals surface area contributed by atoms with Crippen molar-refractivity contribution in [3.05, 3.63) is 77.5 Å². The van der Waals surface area contributed by atoms with Crippen molar-refractivity contribution in [2.24, 2.45) is 0 Å². The van der Waals surface area contributed by atoms with Crippen LogP contribution in [0.3, 0.4) is 0 Å². The van der Waals surface area contributed by atoms with E-state index in [4.69, 9.17) is 4.42 Å². The molecule has 39 heavy (non-hydrogen) atoms. The molecule has 214 valence electrons.